The minimum absolute atomic E-state index is 0.690. The number of hydrogen-bond acceptors (Lipinski definition) is 3. The first-order valence-corrected chi connectivity index (χ1v) is 7.35. The van der Waals surface area contributed by atoms with Crippen molar-refractivity contribution >= 4 is 17.6 Å². The standard InChI is InChI=1S/C12H21N3S/c1-3-15-11(13)10(7-8-16-4-2)14-12(15)9-5-6-9/h9H,3-8,13H2,1-2H3. The molecule has 1 fully saturated rings. The predicted octanol–water partition coefficient (Wildman–Crippen LogP) is 2.66. The lowest BCUT2D eigenvalue weighted by Gasteiger charge is -2.05. The largest absolute Gasteiger partial charge is 0.384 e. The lowest BCUT2D eigenvalue weighted by atomic mass is 10.3. The second kappa shape index (κ2) is 5.13. The molecule has 1 aromatic heterocycles. The number of aryl methyl sites for hydroxylation is 1. The van der Waals surface area contributed by atoms with Crippen molar-refractivity contribution in [3.63, 3.8) is 0 Å². The molecular weight excluding hydrogens is 218 g/mol. The van der Waals surface area contributed by atoms with Crippen molar-refractivity contribution in [1.82, 2.24) is 9.55 Å². The number of imidazole rings is 1. The highest BCUT2D eigenvalue weighted by Gasteiger charge is 2.30. The van der Waals surface area contributed by atoms with Crippen molar-refractivity contribution < 1.29 is 0 Å². The van der Waals surface area contributed by atoms with Gasteiger partial charge in [-0.05, 0) is 31.3 Å². The number of anilines is 1. The summed E-state index contributed by atoms with van der Waals surface area (Å²) >= 11 is 1.95. The summed E-state index contributed by atoms with van der Waals surface area (Å²) in [6.07, 6.45) is 3.59. The van der Waals surface area contributed by atoms with E-state index in [0.717, 1.165) is 30.2 Å². The topological polar surface area (TPSA) is 43.8 Å². The Morgan fingerprint density at radius 2 is 2.19 bits per heavy atom. The average molecular weight is 239 g/mol. The molecule has 3 nitrogen and oxygen atoms in total. The number of nitrogens with two attached hydrogens (primary N) is 1. The fraction of sp³-hybridized carbons (Fsp3) is 0.750. The summed E-state index contributed by atoms with van der Waals surface area (Å²) in [4.78, 5) is 4.74. The molecular formula is C12H21N3S. The molecule has 0 spiro atoms. The maximum absolute atomic E-state index is 6.15. The van der Waals surface area contributed by atoms with Crippen LogP contribution in [-0.2, 0) is 13.0 Å². The highest BCUT2D eigenvalue weighted by molar-refractivity contribution is 7.99. The molecule has 2 N–H and O–H groups in total. The molecule has 16 heavy (non-hydrogen) atoms. The van der Waals surface area contributed by atoms with Crippen molar-refractivity contribution in [2.24, 2.45) is 0 Å². The van der Waals surface area contributed by atoms with Crippen LogP contribution in [0.3, 0.4) is 0 Å². The number of nitrogens with zero attached hydrogens (tertiary/aromatic N) is 2. The Hall–Kier alpha value is -0.640. The summed E-state index contributed by atoms with van der Waals surface area (Å²) in [5, 5.41) is 0. The zero-order valence-corrected chi connectivity index (χ0v) is 11.0. The summed E-state index contributed by atoms with van der Waals surface area (Å²) in [6.45, 7) is 5.29. The van der Waals surface area contributed by atoms with Gasteiger partial charge in [-0.1, -0.05) is 6.92 Å². The Kier molecular flexibility index (Phi) is 3.79. The van der Waals surface area contributed by atoms with Crippen LogP contribution in [0, 0.1) is 0 Å². The summed E-state index contributed by atoms with van der Waals surface area (Å²) in [6, 6.07) is 0. The molecule has 90 valence electrons. The van der Waals surface area contributed by atoms with Gasteiger partial charge in [-0.3, -0.25) is 0 Å². The first-order chi connectivity index (χ1) is 7.77. The third-order valence-electron chi connectivity index (χ3n) is 3.06. The molecule has 2 rings (SSSR count). The lowest BCUT2D eigenvalue weighted by Crippen LogP contribution is -2.05. The van der Waals surface area contributed by atoms with Crippen LogP contribution in [0.2, 0.25) is 0 Å². The van der Waals surface area contributed by atoms with E-state index in [2.05, 4.69) is 18.4 Å². The molecule has 0 amide bonds. The summed E-state index contributed by atoms with van der Waals surface area (Å²) in [7, 11) is 0. The van der Waals surface area contributed by atoms with E-state index in [1.165, 1.54) is 24.4 Å². The number of hydrogen-bond donors (Lipinski definition) is 1. The second-order valence-electron chi connectivity index (χ2n) is 4.27. The molecule has 0 atom stereocenters. The summed E-state index contributed by atoms with van der Waals surface area (Å²) < 4.78 is 2.20. The molecule has 1 aliphatic carbocycles. The van der Waals surface area contributed by atoms with Crippen molar-refractivity contribution in [3.05, 3.63) is 11.5 Å². The van der Waals surface area contributed by atoms with Gasteiger partial charge in [-0.25, -0.2) is 4.98 Å². The highest BCUT2D eigenvalue weighted by Crippen LogP contribution is 2.40. The molecule has 1 saturated carbocycles. The second-order valence-corrected chi connectivity index (χ2v) is 5.66. The van der Waals surface area contributed by atoms with Gasteiger partial charge in [-0.2, -0.15) is 11.8 Å². The maximum atomic E-state index is 6.15. The van der Waals surface area contributed by atoms with Crippen molar-refractivity contribution in [3.8, 4) is 0 Å². The van der Waals surface area contributed by atoms with Gasteiger partial charge in [0.25, 0.3) is 0 Å². The van der Waals surface area contributed by atoms with Crippen LogP contribution in [-0.4, -0.2) is 21.1 Å². The quantitative estimate of drug-likeness (QED) is 0.776. The van der Waals surface area contributed by atoms with Crippen molar-refractivity contribution in [2.75, 3.05) is 17.2 Å². The number of thioether (sulfide) groups is 1. The van der Waals surface area contributed by atoms with Crippen LogP contribution >= 0.6 is 11.8 Å². The molecule has 1 aliphatic rings. The molecule has 1 heterocycles. The smallest absolute Gasteiger partial charge is 0.126 e. The normalized spacial score (nSPS) is 15.6. The first kappa shape index (κ1) is 11.8. The Morgan fingerprint density at radius 3 is 2.75 bits per heavy atom. The van der Waals surface area contributed by atoms with Crippen molar-refractivity contribution in [1.29, 1.82) is 0 Å². The van der Waals surface area contributed by atoms with E-state index >= 15 is 0 Å². The van der Waals surface area contributed by atoms with E-state index in [4.69, 9.17) is 10.7 Å². The third-order valence-corrected chi connectivity index (χ3v) is 3.96. The fourth-order valence-electron chi connectivity index (χ4n) is 2.02. The number of aromatic nitrogens is 2. The van der Waals surface area contributed by atoms with Crippen LogP contribution in [0.5, 0.6) is 0 Å². The van der Waals surface area contributed by atoms with Gasteiger partial charge in [0.15, 0.2) is 0 Å². The van der Waals surface area contributed by atoms with E-state index in [9.17, 15) is 0 Å². The Balaban J connectivity index is 2.11. The van der Waals surface area contributed by atoms with Crippen LogP contribution in [0.25, 0.3) is 0 Å². The van der Waals surface area contributed by atoms with Crippen LogP contribution in [0.1, 0.15) is 44.1 Å². The molecule has 0 saturated heterocycles. The van der Waals surface area contributed by atoms with Gasteiger partial charge >= 0.3 is 0 Å². The van der Waals surface area contributed by atoms with E-state index in [1.807, 2.05) is 11.8 Å². The van der Waals surface area contributed by atoms with E-state index in [-0.39, 0.29) is 0 Å². The summed E-state index contributed by atoms with van der Waals surface area (Å²) in [5.41, 5.74) is 7.27. The minimum atomic E-state index is 0.690. The van der Waals surface area contributed by atoms with E-state index < -0.39 is 0 Å². The predicted molar refractivity (Wildman–Crippen MR) is 71.0 cm³/mol. The first-order valence-electron chi connectivity index (χ1n) is 6.20. The van der Waals surface area contributed by atoms with Gasteiger partial charge in [0.2, 0.25) is 0 Å². The highest BCUT2D eigenvalue weighted by atomic mass is 32.2. The van der Waals surface area contributed by atoms with E-state index in [1.54, 1.807) is 0 Å². The zero-order chi connectivity index (χ0) is 11.5. The Labute approximate surface area is 102 Å². The molecule has 4 heteroatoms. The minimum Gasteiger partial charge on any atom is -0.384 e. The monoisotopic (exact) mass is 239 g/mol. The molecule has 0 radical (unpaired) electrons. The maximum Gasteiger partial charge on any atom is 0.126 e. The SMILES string of the molecule is CCSCCc1nc(C2CC2)n(CC)c1N. The molecule has 0 unspecified atom stereocenters. The van der Waals surface area contributed by atoms with Crippen LogP contribution < -0.4 is 5.73 Å². The zero-order valence-electron chi connectivity index (χ0n) is 10.2. The Bertz CT molecular complexity index is 355. The molecule has 0 bridgehead atoms. The average Bonchev–Trinajstić information content (AvgIpc) is 3.06. The third kappa shape index (κ3) is 2.37. The van der Waals surface area contributed by atoms with E-state index in [0.29, 0.717) is 5.92 Å². The van der Waals surface area contributed by atoms with Crippen molar-refractivity contribution in [2.45, 2.75) is 45.6 Å². The van der Waals surface area contributed by atoms with Crippen LogP contribution in [0.4, 0.5) is 5.82 Å². The van der Waals surface area contributed by atoms with Gasteiger partial charge in [0.05, 0.1) is 5.69 Å². The molecule has 1 aromatic rings. The number of rotatable bonds is 6. The summed E-state index contributed by atoms with van der Waals surface area (Å²) in [5.74, 6) is 5.13. The van der Waals surface area contributed by atoms with Crippen LogP contribution in [0.15, 0.2) is 0 Å². The van der Waals surface area contributed by atoms with Gasteiger partial charge in [0.1, 0.15) is 11.6 Å². The molecule has 0 aliphatic heterocycles. The molecule has 0 aromatic carbocycles. The Morgan fingerprint density at radius 1 is 1.44 bits per heavy atom. The number of nitrogen functional groups attached to an aromatic ring is 1. The van der Waals surface area contributed by atoms with Gasteiger partial charge in [-0.15, -0.1) is 0 Å². The van der Waals surface area contributed by atoms with Gasteiger partial charge in [0, 0.05) is 18.9 Å². The lowest BCUT2D eigenvalue weighted by molar-refractivity contribution is 0.708. The fourth-order valence-corrected chi connectivity index (χ4v) is 2.64. The van der Waals surface area contributed by atoms with Gasteiger partial charge < -0.3 is 10.3 Å².